The molecule has 3 N–H and O–H groups in total. The average Bonchev–Trinajstić information content (AvgIpc) is 2.33. The highest BCUT2D eigenvalue weighted by Crippen LogP contribution is 2.05. The van der Waals surface area contributed by atoms with Gasteiger partial charge >= 0.3 is 6.09 Å². The number of nitrogens with one attached hydrogen (secondary N) is 3. The van der Waals surface area contributed by atoms with Gasteiger partial charge in [0.25, 0.3) is 0 Å². The first-order valence-electron chi connectivity index (χ1n) is 6.83. The molecule has 0 unspecified atom stereocenters. The predicted octanol–water partition coefficient (Wildman–Crippen LogP) is 1.40. The normalized spacial score (nSPS) is 10.5. The molecule has 0 rings (SSSR count). The van der Waals surface area contributed by atoms with Crippen molar-refractivity contribution >= 4 is 17.9 Å². The second kappa shape index (κ2) is 8.99. The van der Waals surface area contributed by atoms with Crippen LogP contribution in [0.3, 0.4) is 0 Å². The van der Waals surface area contributed by atoms with E-state index in [-0.39, 0.29) is 18.2 Å². The van der Waals surface area contributed by atoms with Crippen molar-refractivity contribution in [1.82, 2.24) is 16.2 Å². The minimum atomic E-state index is -0.704. The van der Waals surface area contributed by atoms with E-state index < -0.39 is 11.7 Å². The fraction of sp³-hybridized carbons (Fsp3) is 0.643. The van der Waals surface area contributed by atoms with E-state index in [9.17, 15) is 14.4 Å². The number of hydrazine groups is 1. The Morgan fingerprint density at radius 2 is 1.71 bits per heavy atom. The van der Waals surface area contributed by atoms with Crippen molar-refractivity contribution in [2.45, 2.75) is 52.6 Å². The fourth-order valence-corrected chi connectivity index (χ4v) is 1.25. The van der Waals surface area contributed by atoms with Gasteiger partial charge < -0.3 is 10.1 Å². The molecule has 0 fully saturated rings. The Morgan fingerprint density at radius 1 is 1.10 bits per heavy atom. The van der Waals surface area contributed by atoms with E-state index in [4.69, 9.17) is 4.74 Å². The first kappa shape index (κ1) is 18.9. The summed E-state index contributed by atoms with van der Waals surface area (Å²) >= 11 is 0. The van der Waals surface area contributed by atoms with Crippen LogP contribution in [-0.2, 0) is 14.3 Å². The SMILES string of the molecule is C=C(C)C(=O)NCCCCC(=O)NNC(=O)OC(C)(C)C. The molecule has 0 aromatic heterocycles. The molecule has 0 heterocycles. The number of carbonyl (C=O) groups is 3. The van der Waals surface area contributed by atoms with Gasteiger partial charge in [-0.3, -0.25) is 15.0 Å². The van der Waals surface area contributed by atoms with Gasteiger partial charge in [0, 0.05) is 18.5 Å². The van der Waals surface area contributed by atoms with E-state index >= 15 is 0 Å². The molecule has 7 nitrogen and oxygen atoms in total. The summed E-state index contributed by atoms with van der Waals surface area (Å²) in [6.07, 6.45) is 0.806. The van der Waals surface area contributed by atoms with Crippen LogP contribution < -0.4 is 16.2 Å². The van der Waals surface area contributed by atoms with E-state index in [1.165, 1.54) is 0 Å². The molecule has 0 spiro atoms. The van der Waals surface area contributed by atoms with Crippen molar-refractivity contribution in [3.8, 4) is 0 Å². The van der Waals surface area contributed by atoms with E-state index in [0.717, 1.165) is 0 Å². The van der Waals surface area contributed by atoms with Crippen molar-refractivity contribution in [3.05, 3.63) is 12.2 Å². The monoisotopic (exact) mass is 299 g/mol. The molecule has 0 aliphatic carbocycles. The smallest absolute Gasteiger partial charge is 0.426 e. The summed E-state index contributed by atoms with van der Waals surface area (Å²) in [4.78, 5) is 33.9. The summed E-state index contributed by atoms with van der Waals surface area (Å²) < 4.78 is 4.96. The van der Waals surface area contributed by atoms with Crippen LogP contribution in [-0.4, -0.2) is 30.1 Å². The Labute approximate surface area is 125 Å². The zero-order valence-corrected chi connectivity index (χ0v) is 13.2. The Balaban J connectivity index is 3.66. The largest absolute Gasteiger partial charge is 0.443 e. The first-order valence-corrected chi connectivity index (χ1v) is 6.83. The second-order valence-electron chi connectivity index (χ2n) is 5.67. The number of hydrogen-bond donors (Lipinski definition) is 3. The van der Waals surface area contributed by atoms with Gasteiger partial charge in [-0.25, -0.2) is 10.2 Å². The van der Waals surface area contributed by atoms with Crippen LogP contribution in [0.25, 0.3) is 0 Å². The van der Waals surface area contributed by atoms with E-state index in [2.05, 4.69) is 22.7 Å². The van der Waals surface area contributed by atoms with Gasteiger partial charge in [0.1, 0.15) is 5.60 Å². The summed E-state index contributed by atoms with van der Waals surface area (Å²) in [7, 11) is 0. The first-order chi connectivity index (χ1) is 9.61. The molecule has 0 aromatic rings. The third-order valence-electron chi connectivity index (χ3n) is 2.21. The highest BCUT2D eigenvalue weighted by atomic mass is 16.6. The van der Waals surface area contributed by atoms with Gasteiger partial charge in [0.15, 0.2) is 0 Å². The zero-order chi connectivity index (χ0) is 16.5. The molecule has 7 heteroatoms. The number of ether oxygens (including phenoxy) is 1. The predicted molar refractivity (Wildman–Crippen MR) is 79.2 cm³/mol. The van der Waals surface area contributed by atoms with E-state index in [0.29, 0.717) is 25.0 Å². The minimum Gasteiger partial charge on any atom is -0.443 e. The Bertz CT molecular complexity index is 400. The molecule has 0 aliphatic rings. The van der Waals surface area contributed by atoms with Crippen LogP contribution >= 0.6 is 0 Å². The highest BCUT2D eigenvalue weighted by Gasteiger charge is 2.16. The molecule has 0 aromatic carbocycles. The summed E-state index contributed by atoms with van der Waals surface area (Å²) in [5.41, 5.74) is 4.27. The van der Waals surface area contributed by atoms with Crippen LogP contribution in [0.5, 0.6) is 0 Å². The maximum absolute atomic E-state index is 11.4. The fourth-order valence-electron chi connectivity index (χ4n) is 1.25. The average molecular weight is 299 g/mol. The van der Waals surface area contributed by atoms with E-state index in [1.54, 1.807) is 27.7 Å². The number of carbonyl (C=O) groups excluding carboxylic acids is 3. The van der Waals surface area contributed by atoms with Crippen molar-refractivity contribution in [1.29, 1.82) is 0 Å². The third-order valence-corrected chi connectivity index (χ3v) is 2.21. The molecule has 0 saturated heterocycles. The zero-order valence-electron chi connectivity index (χ0n) is 13.2. The van der Waals surface area contributed by atoms with Crippen LogP contribution in [0.1, 0.15) is 47.0 Å². The lowest BCUT2D eigenvalue weighted by Crippen LogP contribution is -2.44. The molecule has 0 bridgehead atoms. The lowest BCUT2D eigenvalue weighted by Gasteiger charge is -2.19. The van der Waals surface area contributed by atoms with Crippen molar-refractivity contribution < 1.29 is 19.1 Å². The molecule has 0 radical (unpaired) electrons. The van der Waals surface area contributed by atoms with Crippen LogP contribution in [0.4, 0.5) is 4.79 Å². The molecule has 0 atom stereocenters. The standard InChI is InChI=1S/C14H25N3O4/c1-10(2)12(19)15-9-7-6-8-11(18)16-17-13(20)21-14(3,4)5/h1,6-9H2,2-5H3,(H,15,19)(H,16,18)(H,17,20). The van der Waals surface area contributed by atoms with Gasteiger partial charge in [0.05, 0.1) is 0 Å². The van der Waals surface area contributed by atoms with Gasteiger partial charge in [-0.15, -0.1) is 0 Å². The third kappa shape index (κ3) is 11.5. The number of rotatable bonds is 6. The molecular weight excluding hydrogens is 274 g/mol. The summed E-state index contributed by atoms with van der Waals surface area (Å²) in [5.74, 6) is -0.502. The van der Waals surface area contributed by atoms with Crippen molar-refractivity contribution in [2.75, 3.05) is 6.54 Å². The minimum absolute atomic E-state index is 0.189. The van der Waals surface area contributed by atoms with Gasteiger partial charge in [-0.2, -0.15) is 0 Å². The number of unbranched alkanes of at least 4 members (excludes halogenated alkanes) is 1. The lowest BCUT2D eigenvalue weighted by atomic mass is 10.2. The van der Waals surface area contributed by atoms with E-state index in [1.807, 2.05) is 0 Å². The topological polar surface area (TPSA) is 96.5 Å². The molecule has 21 heavy (non-hydrogen) atoms. The van der Waals surface area contributed by atoms with Crippen molar-refractivity contribution in [2.24, 2.45) is 0 Å². The summed E-state index contributed by atoms with van der Waals surface area (Å²) in [6.45, 7) is 10.8. The summed E-state index contributed by atoms with van der Waals surface area (Å²) in [6, 6.07) is 0. The van der Waals surface area contributed by atoms with Gasteiger partial charge in [0.2, 0.25) is 11.8 Å². The lowest BCUT2D eigenvalue weighted by molar-refractivity contribution is -0.122. The van der Waals surface area contributed by atoms with Gasteiger partial charge in [-0.05, 0) is 40.5 Å². The highest BCUT2D eigenvalue weighted by molar-refractivity contribution is 5.92. The quantitative estimate of drug-likeness (QED) is 0.392. The maximum atomic E-state index is 11.4. The number of hydrogen-bond acceptors (Lipinski definition) is 4. The number of amides is 3. The van der Waals surface area contributed by atoms with Crippen LogP contribution in [0, 0.1) is 0 Å². The molecule has 120 valence electrons. The Hall–Kier alpha value is -2.05. The Kier molecular flexibility index (Phi) is 8.11. The van der Waals surface area contributed by atoms with Crippen LogP contribution in [0.2, 0.25) is 0 Å². The maximum Gasteiger partial charge on any atom is 0.426 e. The second-order valence-corrected chi connectivity index (χ2v) is 5.67. The molecular formula is C14H25N3O4. The van der Waals surface area contributed by atoms with Gasteiger partial charge in [-0.1, -0.05) is 6.58 Å². The molecule has 0 aliphatic heterocycles. The van der Waals surface area contributed by atoms with Crippen LogP contribution in [0.15, 0.2) is 12.2 Å². The van der Waals surface area contributed by atoms with Crippen molar-refractivity contribution in [3.63, 3.8) is 0 Å². The molecule has 0 saturated carbocycles. The Morgan fingerprint density at radius 3 is 2.24 bits per heavy atom. The molecule has 3 amide bonds. The summed E-state index contributed by atoms with van der Waals surface area (Å²) in [5, 5.41) is 2.67.